The Labute approximate surface area is 131 Å². The van der Waals surface area contributed by atoms with Crippen molar-refractivity contribution in [2.75, 3.05) is 6.61 Å². The number of esters is 1. The monoisotopic (exact) mass is 370 g/mol. The van der Waals surface area contributed by atoms with Gasteiger partial charge in [-0.05, 0) is 0 Å². The van der Waals surface area contributed by atoms with E-state index in [4.69, 9.17) is 4.74 Å². The first-order valence-corrected chi connectivity index (χ1v) is 11.1. The quantitative estimate of drug-likeness (QED) is 0.329. The van der Waals surface area contributed by atoms with Crippen LogP contribution in [0.4, 0.5) is 11.4 Å². The molecule has 0 saturated carbocycles. The van der Waals surface area contributed by atoms with Crippen LogP contribution in [0.3, 0.4) is 0 Å². The number of benzene rings is 1. The predicted octanol–water partition coefficient (Wildman–Crippen LogP) is 2.99. The molecule has 0 aliphatic carbocycles. The van der Waals surface area contributed by atoms with Crippen LogP contribution in [0.1, 0.15) is 22.8 Å². The Hall–Kier alpha value is -2.21. The van der Waals surface area contributed by atoms with Gasteiger partial charge in [-0.15, -0.1) is 0 Å². The first kappa shape index (κ1) is 17.8. The third-order valence-electron chi connectivity index (χ3n) is 2.60. The fraction of sp³-hybridized carbons (Fsp3) is 0.308. The molecule has 9 heteroatoms. The van der Waals surface area contributed by atoms with Gasteiger partial charge in [0.2, 0.25) is 0 Å². The molecule has 0 aromatic heterocycles. The van der Waals surface area contributed by atoms with Gasteiger partial charge in [-0.1, -0.05) is 0 Å². The van der Waals surface area contributed by atoms with E-state index in [9.17, 15) is 25.0 Å². The topological polar surface area (TPSA) is 113 Å². The standard InChI is InChI=1S/C13H15AsN2O6/c1-4-22-13(17)11-10(15(18)19)6-5-9(7-8-14(2)3)12(11)16(20)21/h5-8H,4H2,1-3H3/b8-7+. The van der Waals surface area contributed by atoms with Crippen LogP contribution >= 0.6 is 0 Å². The molecule has 0 bridgehead atoms. The van der Waals surface area contributed by atoms with E-state index in [-0.39, 0.29) is 12.2 Å². The van der Waals surface area contributed by atoms with Gasteiger partial charge >= 0.3 is 131 Å². The summed E-state index contributed by atoms with van der Waals surface area (Å²) in [5, 5.41) is 22.4. The molecule has 0 fully saturated rings. The molecule has 0 amide bonds. The summed E-state index contributed by atoms with van der Waals surface area (Å²) in [6, 6.07) is 2.36. The van der Waals surface area contributed by atoms with E-state index in [1.165, 1.54) is 19.1 Å². The Morgan fingerprint density at radius 2 is 1.91 bits per heavy atom. The molecule has 0 heterocycles. The summed E-state index contributed by atoms with van der Waals surface area (Å²) in [5.74, 6) is -1.07. The van der Waals surface area contributed by atoms with E-state index in [1.807, 2.05) is 16.3 Å². The molecule has 0 N–H and O–H groups in total. The van der Waals surface area contributed by atoms with Crippen LogP contribution in [-0.4, -0.2) is 37.1 Å². The van der Waals surface area contributed by atoms with Crippen LogP contribution in [0, 0.1) is 20.2 Å². The number of hydrogen-bond donors (Lipinski definition) is 0. The van der Waals surface area contributed by atoms with Gasteiger partial charge in [0, 0.05) is 0 Å². The second-order valence-electron chi connectivity index (χ2n) is 4.41. The molecule has 22 heavy (non-hydrogen) atoms. The van der Waals surface area contributed by atoms with Crippen molar-refractivity contribution in [1.29, 1.82) is 0 Å². The molecule has 0 aliphatic heterocycles. The van der Waals surface area contributed by atoms with Crippen LogP contribution in [0.15, 0.2) is 17.0 Å². The van der Waals surface area contributed by atoms with Crippen molar-refractivity contribution in [2.24, 2.45) is 0 Å². The van der Waals surface area contributed by atoms with Crippen molar-refractivity contribution in [3.05, 3.63) is 48.4 Å². The molecule has 0 radical (unpaired) electrons. The molecule has 0 unspecified atom stereocenters. The molecule has 0 aliphatic rings. The van der Waals surface area contributed by atoms with Crippen LogP contribution in [0.2, 0.25) is 11.4 Å². The maximum absolute atomic E-state index is 11.9. The zero-order valence-corrected chi connectivity index (χ0v) is 14.2. The van der Waals surface area contributed by atoms with E-state index in [0.29, 0.717) is 0 Å². The fourth-order valence-electron chi connectivity index (χ4n) is 1.71. The molecule has 0 atom stereocenters. The minimum absolute atomic E-state index is 0.0353. The van der Waals surface area contributed by atoms with Gasteiger partial charge < -0.3 is 0 Å². The molecule has 0 spiro atoms. The fourth-order valence-corrected chi connectivity index (χ4v) is 2.68. The number of ether oxygens (including phenoxy) is 1. The van der Waals surface area contributed by atoms with Crippen LogP contribution < -0.4 is 0 Å². The number of carbonyl (C=O) groups excluding carboxylic acids is 1. The Kier molecular flexibility index (Phi) is 6.24. The van der Waals surface area contributed by atoms with E-state index < -0.39 is 47.4 Å². The molecule has 8 nitrogen and oxygen atoms in total. The predicted molar refractivity (Wildman–Crippen MR) is 82.2 cm³/mol. The van der Waals surface area contributed by atoms with Crippen LogP contribution in [-0.2, 0) is 4.74 Å². The number of hydrogen-bond acceptors (Lipinski definition) is 6. The number of nitro benzene ring substituents is 2. The normalized spacial score (nSPS) is 10.9. The Morgan fingerprint density at radius 3 is 2.36 bits per heavy atom. The van der Waals surface area contributed by atoms with Crippen LogP contribution in [0.25, 0.3) is 6.08 Å². The molecular formula is C13H15AsN2O6. The number of nitro groups is 2. The maximum atomic E-state index is 11.9. The van der Waals surface area contributed by atoms with Gasteiger partial charge in [-0.25, -0.2) is 0 Å². The molecule has 1 aromatic rings. The van der Waals surface area contributed by atoms with Crippen molar-refractivity contribution in [2.45, 2.75) is 18.3 Å². The summed E-state index contributed by atoms with van der Waals surface area (Å²) < 4.78 is 4.73. The van der Waals surface area contributed by atoms with Crippen LogP contribution in [0.5, 0.6) is 0 Å². The summed E-state index contributed by atoms with van der Waals surface area (Å²) in [6.07, 6.45) is 1.53. The van der Waals surface area contributed by atoms with Gasteiger partial charge in [0.25, 0.3) is 0 Å². The van der Waals surface area contributed by atoms with Gasteiger partial charge in [-0.3, -0.25) is 0 Å². The second kappa shape index (κ2) is 7.70. The molecule has 1 rings (SSSR count). The molecular weight excluding hydrogens is 355 g/mol. The van der Waals surface area contributed by atoms with Gasteiger partial charge in [0.1, 0.15) is 0 Å². The van der Waals surface area contributed by atoms with Crippen molar-refractivity contribution in [3.8, 4) is 0 Å². The summed E-state index contributed by atoms with van der Waals surface area (Å²) in [6.45, 7) is 1.48. The number of rotatable bonds is 6. The second-order valence-corrected chi connectivity index (χ2v) is 9.08. The first-order chi connectivity index (χ1) is 10.3. The van der Waals surface area contributed by atoms with E-state index in [0.717, 1.165) is 6.07 Å². The van der Waals surface area contributed by atoms with Gasteiger partial charge in [-0.2, -0.15) is 0 Å². The number of nitrogens with zero attached hydrogens (tertiary/aromatic N) is 2. The van der Waals surface area contributed by atoms with Crippen molar-refractivity contribution >= 4 is 38.1 Å². The summed E-state index contributed by atoms with van der Waals surface area (Å²) in [7, 11) is 0. The zero-order valence-electron chi connectivity index (χ0n) is 12.3. The van der Waals surface area contributed by atoms with Gasteiger partial charge in [0.15, 0.2) is 0 Å². The molecule has 118 valence electrons. The third-order valence-corrected chi connectivity index (χ3v) is 4.16. The average molecular weight is 370 g/mol. The summed E-state index contributed by atoms with van der Waals surface area (Å²) in [4.78, 5) is 34.5. The summed E-state index contributed by atoms with van der Waals surface area (Å²) >= 11 is -1.19. The summed E-state index contributed by atoms with van der Waals surface area (Å²) in [5.41, 5.74) is 2.34. The van der Waals surface area contributed by atoms with Crippen molar-refractivity contribution in [3.63, 3.8) is 0 Å². The molecule has 1 aromatic carbocycles. The Bertz CT molecular complexity index is 642. The Balaban J connectivity index is 3.64. The Morgan fingerprint density at radius 1 is 1.27 bits per heavy atom. The SMILES string of the molecule is CCOC(=O)c1c([N+](=O)[O-])ccc(/C=C/[As](C)C)c1[N+](=O)[O-]. The van der Waals surface area contributed by atoms with Crippen molar-refractivity contribution in [1.82, 2.24) is 0 Å². The minimum atomic E-state index is -1.19. The van der Waals surface area contributed by atoms with E-state index in [2.05, 4.69) is 0 Å². The first-order valence-electron chi connectivity index (χ1n) is 6.27. The number of carbonyl (C=O) groups is 1. The van der Waals surface area contributed by atoms with Gasteiger partial charge in [0.05, 0.1) is 0 Å². The third kappa shape index (κ3) is 4.14. The van der Waals surface area contributed by atoms with Crippen molar-refractivity contribution < 1.29 is 19.4 Å². The van der Waals surface area contributed by atoms with E-state index in [1.54, 1.807) is 0 Å². The van der Waals surface area contributed by atoms with E-state index >= 15 is 0 Å². The zero-order chi connectivity index (χ0) is 16.9. The molecule has 0 saturated heterocycles. The average Bonchev–Trinajstić information content (AvgIpc) is 2.43.